The topological polar surface area (TPSA) is 67.2 Å². The molecule has 0 radical (unpaired) electrons. The van der Waals surface area contributed by atoms with Crippen molar-refractivity contribution in [3.05, 3.63) is 35.5 Å². The fraction of sp³-hybridized carbons (Fsp3) is 0.636. The number of hydrogen-bond donors (Lipinski definition) is 0. The first-order valence-electron chi connectivity index (χ1n) is 11.0. The molecule has 2 aromatic heterocycles. The van der Waals surface area contributed by atoms with Crippen LogP contribution >= 0.6 is 0 Å². The predicted molar refractivity (Wildman–Crippen MR) is 110 cm³/mol. The van der Waals surface area contributed by atoms with Crippen LogP contribution in [0.1, 0.15) is 56.2 Å². The van der Waals surface area contributed by atoms with E-state index in [9.17, 15) is 9.18 Å². The molecule has 30 heavy (non-hydrogen) atoms. The molecule has 2 aliphatic heterocycles. The lowest BCUT2D eigenvalue weighted by Crippen LogP contribution is -2.57. The molecule has 8 heteroatoms. The SMILES string of the molecule is CC(=O)N1CC2(CCC(N3CCC(c4cc(F)cnc4-n4cc(C)nn4)CC3)C2)C1. The van der Waals surface area contributed by atoms with Crippen LogP contribution in [0.2, 0.25) is 0 Å². The molecule has 3 aliphatic rings. The van der Waals surface area contributed by atoms with E-state index in [0.717, 1.165) is 50.3 Å². The van der Waals surface area contributed by atoms with E-state index in [1.54, 1.807) is 17.7 Å². The van der Waals surface area contributed by atoms with Gasteiger partial charge in [-0.15, -0.1) is 5.10 Å². The van der Waals surface area contributed by atoms with Gasteiger partial charge in [0.25, 0.3) is 0 Å². The number of pyridine rings is 1. The smallest absolute Gasteiger partial charge is 0.219 e. The van der Waals surface area contributed by atoms with Gasteiger partial charge >= 0.3 is 0 Å². The zero-order valence-electron chi connectivity index (χ0n) is 17.7. The summed E-state index contributed by atoms with van der Waals surface area (Å²) in [5.74, 6) is 0.864. The summed E-state index contributed by atoms with van der Waals surface area (Å²) in [6.07, 6.45) is 8.73. The number of likely N-dealkylation sites (tertiary alicyclic amines) is 2. The third-order valence-corrected chi connectivity index (χ3v) is 7.35. The van der Waals surface area contributed by atoms with E-state index in [1.807, 2.05) is 18.0 Å². The number of aromatic nitrogens is 4. The second-order valence-electron chi connectivity index (χ2n) is 9.45. The van der Waals surface area contributed by atoms with Crippen molar-refractivity contribution >= 4 is 5.91 Å². The van der Waals surface area contributed by atoms with Crippen LogP contribution in [0.15, 0.2) is 18.5 Å². The lowest BCUT2D eigenvalue weighted by Gasteiger charge is -2.48. The maximum atomic E-state index is 14.0. The van der Waals surface area contributed by atoms with E-state index in [4.69, 9.17) is 0 Å². The highest BCUT2D eigenvalue weighted by atomic mass is 19.1. The fourth-order valence-corrected chi connectivity index (χ4v) is 5.73. The van der Waals surface area contributed by atoms with Crippen LogP contribution in [0.25, 0.3) is 5.82 Å². The van der Waals surface area contributed by atoms with Gasteiger partial charge in [-0.3, -0.25) is 4.79 Å². The minimum Gasteiger partial charge on any atom is -0.342 e. The van der Waals surface area contributed by atoms with Gasteiger partial charge in [-0.05, 0) is 64.1 Å². The summed E-state index contributed by atoms with van der Waals surface area (Å²) >= 11 is 0. The maximum absolute atomic E-state index is 14.0. The molecule has 0 aromatic carbocycles. The molecule has 1 atom stereocenters. The van der Waals surface area contributed by atoms with Crippen LogP contribution in [-0.4, -0.2) is 67.9 Å². The van der Waals surface area contributed by atoms with Crippen LogP contribution in [0.4, 0.5) is 4.39 Å². The van der Waals surface area contributed by atoms with Crippen LogP contribution < -0.4 is 0 Å². The van der Waals surface area contributed by atoms with Crippen molar-refractivity contribution in [2.24, 2.45) is 5.41 Å². The van der Waals surface area contributed by atoms with E-state index in [1.165, 1.54) is 25.5 Å². The quantitative estimate of drug-likeness (QED) is 0.776. The van der Waals surface area contributed by atoms with E-state index in [0.29, 0.717) is 17.3 Å². The summed E-state index contributed by atoms with van der Waals surface area (Å²) in [6, 6.07) is 2.23. The second kappa shape index (κ2) is 7.41. The third kappa shape index (κ3) is 3.51. The van der Waals surface area contributed by atoms with Gasteiger partial charge in [-0.25, -0.2) is 14.1 Å². The molecule has 1 aliphatic carbocycles. The van der Waals surface area contributed by atoms with Crippen molar-refractivity contribution in [3.63, 3.8) is 0 Å². The first-order chi connectivity index (χ1) is 14.4. The number of hydrogen-bond acceptors (Lipinski definition) is 5. The highest BCUT2D eigenvalue weighted by Gasteiger charge is 2.50. The van der Waals surface area contributed by atoms with Crippen molar-refractivity contribution in [1.82, 2.24) is 29.8 Å². The molecule has 7 nitrogen and oxygen atoms in total. The van der Waals surface area contributed by atoms with Crippen molar-refractivity contribution in [2.45, 2.75) is 57.9 Å². The highest BCUT2D eigenvalue weighted by molar-refractivity contribution is 5.74. The molecule has 1 unspecified atom stereocenters. The Labute approximate surface area is 176 Å². The molecule has 5 rings (SSSR count). The second-order valence-corrected chi connectivity index (χ2v) is 9.45. The number of piperidine rings is 1. The van der Waals surface area contributed by atoms with Gasteiger partial charge in [0.1, 0.15) is 5.82 Å². The van der Waals surface area contributed by atoms with Crippen molar-refractivity contribution in [3.8, 4) is 5.82 Å². The molecule has 1 saturated carbocycles. The molecule has 2 saturated heterocycles. The summed E-state index contributed by atoms with van der Waals surface area (Å²) in [6.45, 7) is 7.47. The van der Waals surface area contributed by atoms with Gasteiger partial charge < -0.3 is 9.80 Å². The minimum atomic E-state index is -0.300. The van der Waals surface area contributed by atoms with E-state index >= 15 is 0 Å². The zero-order chi connectivity index (χ0) is 20.9. The van der Waals surface area contributed by atoms with Crippen LogP contribution in [0.3, 0.4) is 0 Å². The van der Waals surface area contributed by atoms with Crippen LogP contribution in [0.5, 0.6) is 0 Å². The summed E-state index contributed by atoms with van der Waals surface area (Å²) < 4.78 is 15.7. The van der Waals surface area contributed by atoms with Crippen molar-refractivity contribution in [1.29, 1.82) is 0 Å². The van der Waals surface area contributed by atoms with Gasteiger partial charge in [-0.1, -0.05) is 5.21 Å². The zero-order valence-corrected chi connectivity index (χ0v) is 17.7. The van der Waals surface area contributed by atoms with Gasteiger partial charge in [0.15, 0.2) is 5.82 Å². The lowest BCUT2D eigenvalue weighted by molar-refractivity contribution is -0.140. The minimum absolute atomic E-state index is 0.201. The van der Waals surface area contributed by atoms with Gasteiger partial charge in [0.05, 0.1) is 18.1 Å². The lowest BCUT2D eigenvalue weighted by atomic mass is 9.78. The number of carbonyl (C=O) groups excluding carboxylic acids is 1. The Kier molecular flexibility index (Phi) is 4.84. The first kappa shape index (κ1) is 19.6. The maximum Gasteiger partial charge on any atom is 0.219 e. The number of nitrogens with zero attached hydrogens (tertiary/aromatic N) is 6. The normalized spacial score (nSPS) is 24.4. The first-order valence-corrected chi connectivity index (χ1v) is 11.0. The molecular formula is C22H29FN6O. The summed E-state index contributed by atoms with van der Waals surface area (Å²) in [5, 5.41) is 8.20. The van der Waals surface area contributed by atoms with E-state index in [2.05, 4.69) is 20.2 Å². The average molecular weight is 413 g/mol. The molecule has 0 N–H and O–H groups in total. The Morgan fingerprint density at radius 2 is 2.00 bits per heavy atom. The van der Waals surface area contributed by atoms with E-state index in [-0.39, 0.29) is 17.6 Å². The number of rotatable bonds is 3. The Hall–Kier alpha value is -2.35. The largest absolute Gasteiger partial charge is 0.342 e. The summed E-state index contributed by atoms with van der Waals surface area (Å²) in [4.78, 5) is 20.5. The number of carbonyl (C=O) groups is 1. The molecule has 4 heterocycles. The molecule has 1 amide bonds. The van der Waals surface area contributed by atoms with Gasteiger partial charge in [-0.2, -0.15) is 0 Å². The average Bonchev–Trinajstić information content (AvgIpc) is 3.34. The number of amides is 1. The Morgan fingerprint density at radius 3 is 2.67 bits per heavy atom. The Morgan fingerprint density at radius 1 is 1.23 bits per heavy atom. The van der Waals surface area contributed by atoms with Crippen LogP contribution in [0, 0.1) is 18.2 Å². The standard InChI is InChI=1S/C22H29FN6O/c1-15-12-29(26-25-15)21-20(9-18(23)11-24-21)17-4-7-27(8-5-17)19-3-6-22(10-19)13-28(14-22)16(2)30/h9,11-12,17,19H,3-8,10,13-14H2,1-2H3. The Bertz CT molecular complexity index is 945. The molecule has 0 bridgehead atoms. The van der Waals surface area contributed by atoms with Gasteiger partial charge in [0, 0.05) is 37.0 Å². The summed E-state index contributed by atoms with van der Waals surface area (Å²) in [7, 11) is 0. The highest BCUT2D eigenvalue weighted by Crippen LogP contribution is 2.47. The number of halogens is 1. The fourth-order valence-electron chi connectivity index (χ4n) is 5.73. The molecule has 160 valence electrons. The van der Waals surface area contributed by atoms with Crippen LogP contribution in [-0.2, 0) is 4.79 Å². The Balaban J connectivity index is 1.24. The van der Waals surface area contributed by atoms with Crippen molar-refractivity contribution in [2.75, 3.05) is 26.2 Å². The molecular weight excluding hydrogens is 383 g/mol. The van der Waals surface area contributed by atoms with E-state index < -0.39 is 0 Å². The predicted octanol–water partition coefficient (Wildman–Crippen LogP) is 2.69. The molecule has 2 aromatic rings. The summed E-state index contributed by atoms with van der Waals surface area (Å²) in [5.41, 5.74) is 2.10. The monoisotopic (exact) mass is 412 g/mol. The van der Waals surface area contributed by atoms with Gasteiger partial charge in [0.2, 0.25) is 5.91 Å². The van der Waals surface area contributed by atoms with Crippen molar-refractivity contribution < 1.29 is 9.18 Å². The molecule has 1 spiro atoms. The molecule has 3 fully saturated rings. The number of aryl methyl sites for hydroxylation is 1. The third-order valence-electron chi connectivity index (χ3n) is 7.35.